The van der Waals surface area contributed by atoms with Crippen LogP contribution in [0, 0.1) is 6.92 Å². The molecule has 0 radical (unpaired) electrons. The minimum absolute atomic E-state index is 0. The second kappa shape index (κ2) is 4.87. The molecule has 12 heavy (non-hydrogen) atoms. The third kappa shape index (κ3) is 2.79. The van der Waals surface area contributed by atoms with Gasteiger partial charge in [-0.15, -0.1) is 0 Å². The zero-order valence-corrected chi connectivity index (χ0v) is 9.68. The Bertz CT molecular complexity index is 299. The maximum atomic E-state index is 10.3. The van der Waals surface area contributed by atoms with Gasteiger partial charge in [0.05, 0.1) is 5.97 Å². The smallest absolute Gasteiger partial charge is 0.545 e. The van der Waals surface area contributed by atoms with E-state index in [9.17, 15) is 9.90 Å². The van der Waals surface area contributed by atoms with Crippen molar-refractivity contribution < 1.29 is 39.5 Å². The molecule has 2 nitrogen and oxygen atoms in total. The fourth-order valence-corrected chi connectivity index (χ4v) is 1.10. The minimum atomic E-state index is -1.24. The molecule has 0 atom stereocenters. The number of hydrogen-bond donors (Lipinski definition) is 0. The summed E-state index contributed by atoms with van der Waals surface area (Å²) in [5.74, 6) is -1.24. The van der Waals surface area contributed by atoms with Crippen molar-refractivity contribution in [2.45, 2.75) is 6.92 Å². The van der Waals surface area contributed by atoms with Crippen LogP contribution in [0.4, 0.5) is 0 Å². The molecule has 58 valence electrons. The number of carbonyl (C=O) groups excluding carboxylic acids is 1. The molecule has 0 saturated heterocycles. The molecule has 0 aliphatic carbocycles. The van der Waals surface area contributed by atoms with Gasteiger partial charge in [-0.25, -0.2) is 0 Å². The molecule has 0 aliphatic rings. The van der Waals surface area contributed by atoms with E-state index in [1.165, 1.54) is 6.07 Å². The van der Waals surface area contributed by atoms with Crippen molar-refractivity contribution in [2.24, 2.45) is 0 Å². The van der Waals surface area contributed by atoms with Crippen LogP contribution in [0.1, 0.15) is 15.9 Å². The van der Waals surface area contributed by atoms with Crippen LogP contribution in [-0.4, -0.2) is 5.97 Å². The largest absolute Gasteiger partial charge is 1.00 e. The fourth-order valence-electron chi connectivity index (χ4n) is 0.786. The molecule has 0 saturated carbocycles. The van der Waals surface area contributed by atoms with Crippen LogP contribution in [-0.2, 0) is 0 Å². The maximum Gasteiger partial charge on any atom is 1.00 e. The molecule has 0 aliphatic heterocycles. The maximum absolute atomic E-state index is 10.3. The molecule has 0 heterocycles. The molecule has 1 rings (SSSR count). The number of rotatable bonds is 1. The molecule has 1 aromatic rings. The first-order valence-electron chi connectivity index (χ1n) is 3.09. The van der Waals surface area contributed by atoms with Gasteiger partial charge in [-0.2, -0.15) is 0 Å². The van der Waals surface area contributed by atoms with Gasteiger partial charge in [-0.1, -0.05) is 23.7 Å². The number of carbonyl (C=O) groups is 1. The van der Waals surface area contributed by atoms with Crippen LogP contribution in [0.3, 0.4) is 0 Å². The van der Waals surface area contributed by atoms with Gasteiger partial charge in [0.25, 0.3) is 0 Å². The predicted octanol–water partition coefficient (Wildman–Crippen LogP) is -1.98. The summed E-state index contributed by atoms with van der Waals surface area (Å²) >= 11 is 5.60. The number of halogens is 1. The Morgan fingerprint density at radius 1 is 1.50 bits per heavy atom. The molecular weight excluding hydrogens is 187 g/mol. The Morgan fingerprint density at radius 3 is 2.50 bits per heavy atom. The Balaban J connectivity index is 0.00000121. The fraction of sp³-hybridized carbons (Fsp3) is 0.125. The molecule has 0 unspecified atom stereocenters. The van der Waals surface area contributed by atoms with Crippen molar-refractivity contribution in [2.75, 3.05) is 0 Å². The SMILES string of the molecule is Cc1ccc(C(=O)[O-])c(Cl)c1.[Na+]. The third-order valence-corrected chi connectivity index (χ3v) is 1.66. The van der Waals surface area contributed by atoms with Crippen LogP contribution in [0.15, 0.2) is 18.2 Å². The van der Waals surface area contributed by atoms with Gasteiger partial charge in [-0.3, -0.25) is 0 Å². The molecule has 0 spiro atoms. The average molecular weight is 193 g/mol. The first-order valence-corrected chi connectivity index (χ1v) is 3.46. The van der Waals surface area contributed by atoms with Crippen molar-refractivity contribution in [3.05, 3.63) is 34.3 Å². The molecule has 4 heteroatoms. The van der Waals surface area contributed by atoms with E-state index in [0.29, 0.717) is 0 Å². The Morgan fingerprint density at radius 2 is 2.08 bits per heavy atom. The molecule has 0 N–H and O–H groups in total. The van der Waals surface area contributed by atoms with E-state index >= 15 is 0 Å². The summed E-state index contributed by atoms with van der Waals surface area (Å²) in [6, 6.07) is 4.71. The van der Waals surface area contributed by atoms with E-state index in [2.05, 4.69) is 0 Å². The van der Waals surface area contributed by atoms with Crippen LogP contribution in [0.5, 0.6) is 0 Å². The Kier molecular flexibility index (Phi) is 4.87. The van der Waals surface area contributed by atoms with Gasteiger partial charge >= 0.3 is 29.6 Å². The monoisotopic (exact) mass is 192 g/mol. The van der Waals surface area contributed by atoms with Crippen LogP contribution in [0.2, 0.25) is 5.02 Å². The van der Waals surface area contributed by atoms with Gasteiger partial charge < -0.3 is 9.90 Å². The van der Waals surface area contributed by atoms with E-state index in [-0.39, 0.29) is 40.1 Å². The van der Waals surface area contributed by atoms with Crippen LogP contribution >= 0.6 is 11.6 Å². The zero-order chi connectivity index (χ0) is 8.43. The van der Waals surface area contributed by atoms with Crippen molar-refractivity contribution in [1.82, 2.24) is 0 Å². The zero-order valence-electron chi connectivity index (χ0n) is 6.93. The summed E-state index contributed by atoms with van der Waals surface area (Å²) in [6.07, 6.45) is 0. The predicted molar refractivity (Wildman–Crippen MR) is 40.5 cm³/mol. The molecule has 0 fully saturated rings. The summed E-state index contributed by atoms with van der Waals surface area (Å²) in [7, 11) is 0. The topological polar surface area (TPSA) is 40.1 Å². The number of aromatic carboxylic acids is 1. The summed E-state index contributed by atoms with van der Waals surface area (Å²) in [5.41, 5.74) is 0.970. The van der Waals surface area contributed by atoms with Gasteiger partial charge in [0.15, 0.2) is 0 Å². The van der Waals surface area contributed by atoms with E-state index in [1.54, 1.807) is 12.1 Å². The standard InChI is InChI=1S/C8H7ClO2.Na/c1-5-2-3-6(8(10)11)7(9)4-5;/h2-4H,1H3,(H,10,11);/q;+1/p-1. The number of benzene rings is 1. The molecule has 0 bridgehead atoms. The van der Waals surface area contributed by atoms with Gasteiger partial charge in [0.1, 0.15) is 0 Å². The van der Waals surface area contributed by atoms with Crippen LogP contribution < -0.4 is 34.7 Å². The quantitative estimate of drug-likeness (QED) is 0.484. The average Bonchev–Trinajstić information content (AvgIpc) is 1.85. The number of carboxylic acids is 1. The van der Waals surface area contributed by atoms with E-state index in [1.807, 2.05) is 6.92 Å². The Hall–Kier alpha value is -0.0200. The normalized spacial score (nSPS) is 8.83. The first kappa shape index (κ1) is 12.0. The van der Waals surface area contributed by atoms with Crippen molar-refractivity contribution >= 4 is 17.6 Å². The molecule has 0 amide bonds. The summed E-state index contributed by atoms with van der Waals surface area (Å²) in [5, 5.41) is 10.6. The van der Waals surface area contributed by atoms with Gasteiger partial charge in [0, 0.05) is 10.6 Å². The second-order valence-electron chi connectivity index (χ2n) is 2.27. The van der Waals surface area contributed by atoms with E-state index < -0.39 is 5.97 Å². The van der Waals surface area contributed by atoms with E-state index in [0.717, 1.165) is 5.56 Å². The van der Waals surface area contributed by atoms with Crippen molar-refractivity contribution in [3.8, 4) is 0 Å². The minimum Gasteiger partial charge on any atom is -0.545 e. The first-order chi connectivity index (χ1) is 5.11. The van der Waals surface area contributed by atoms with Crippen molar-refractivity contribution in [3.63, 3.8) is 0 Å². The summed E-state index contributed by atoms with van der Waals surface area (Å²) < 4.78 is 0. The van der Waals surface area contributed by atoms with Crippen molar-refractivity contribution in [1.29, 1.82) is 0 Å². The molecular formula is C8H6ClNaO2. The number of hydrogen-bond acceptors (Lipinski definition) is 2. The summed E-state index contributed by atoms with van der Waals surface area (Å²) in [6.45, 7) is 1.84. The molecule has 0 aromatic heterocycles. The number of aryl methyl sites for hydroxylation is 1. The third-order valence-electron chi connectivity index (χ3n) is 1.34. The van der Waals surface area contributed by atoms with Crippen LogP contribution in [0.25, 0.3) is 0 Å². The second-order valence-corrected chi connectivity index (χ2v) is 2.68. The summed E-state index contributed by atoms with van der Waals surface area (Å²) in [4.78, 5) is 10.3. The molecule has 1 aromatic carbocycles. The Labute approximate surface area is 97.8 Å². The number of carboxylic acid groups (broad SMARTS) is 1. The van der Waals surface area contributed by atoms with E-state index in [4.69, 9.17) is 11.6 Å². The van der Waals surface area contributed by atoms with Gasteiger partial charge in [-0.05, 0) is 18.6 Å². The van der Waals surface area contributed by atoms with Gasteiger partial charge in [0.2, 0.25) is 0 Å².